The Balaban J connectivity index is 0.00000122. The van der Waals surface area contributed by atoms with Gasteiger partial charge in [0.2, 0.25) is 0 Å². The summed E-state index contributed by atoms with van der Waals surface area (Å²) in [7, 11) is 0. The van der Waals surface area contributed by atoms with E-state index < -0.39 is 12.0 Å². The number of nitrogens with two attached hydrogens (primary N) is 2. The number of aliphatic imine (C=N–C) groups is 1. The molecular formula is C14H22N4O2S. The van der Waals surface area contributed by atoms with Crippen LogP contribution in [0.3, 0.4) is 0 Å². The van der Waals surface area contributed by atoms with Crippen LogP contribution in [0.25, 0.3) is 0 Å². The highest BCUT2D eigenvalue weighted by molar-refractivity contribution is 7.98. The van der Waals surface area contributed by atoms with Crippen molar-refractivity contribution in [1.29, 1.82) is 5.41 Å². The fourth-order valence-corrected chi connectivity index (χ4v) is 1.85. The highest BCUT2D eigenvalue weighted by atomic mass is 32.2. The number of carboxylic acids is 1. The third kappa shape index (κ3) is 8.83. The first-order valence-corrected chi connectivity index (χ1v) is 7.62. The van der Waals surface area contributed by atoms with Gasteiger partial charge in [0.05, 0.1) is 6.34 Å². The Morgan fingerprint density at radius 1 is 1.48 bits per heavy atom. The molecule has 7 heteroatoms. The maximum atomic E-state index is 11.0. The van der Waals surface area contributed by atoms with E-state index in [4.69, 9.17) is 16.2 Å². The van der Waals surface area contributed by atoms with E-state index in [0.29, 0.717) is 19.4 Å². The van der Waals surface area contributed by atoms with Crippen molar-refractivity contribution in [2.75, 3.05) is 12.8 Å². The first-order chi connectivity index (χ1) is 10.1. The van der Waals surface area contributed by atoms with Crippen LogP contribution in [0.5, 0.6) is 0 Å². The molecule has 0 heterocycles. The van der Waals surface area contributed by atoms with Gasteiger partial charge in [0.25, 0.3) is 0 Å². The van der Waals surface area contributed by atoms with Crippen molar-refractivity contribution in [3.8, 4) is 0 Å². The summed E-state index contributed by atoms with van der Waals surface area (Å²) in [4.78, 5) is 16.2. The molecule has 6 N–H and O–H groups in total. The van der Waals surface area contributed by atoms with E-state index in [-0.39, 0.29) is 0 Å². The highest BCUT2D eigenvalue weighted by Crippen LogP contribution is 2.14. The molecule has 0 saturated carbocycles. The molecule has 6 nitrogen and oxygen atoms in total. The zero-order chi connectivity index (χ0) is 16.1. The summed E-state index contributed by atoms with van der Waals surface area (Å²) < 4.78 is 0. The molecule has 0 spiro atoms. The molecule has 1 unspecified atom stereocenters. The second-order valence-corrected chi connectivity index (χ2v) is 4.88. The van der Waals surface area contributed by atoms with Crippen LogP contribution in [0.1, 0.15) is 18.4 Å². The van der Waals surface area contributed by atoms with Crippen LogP contribution < -0.4 is 11.5 Å². The van der Waals surface area contributed by atoms with Gasteiger partial charge in [-0.15, -0.1) is 11.8 Å². The molecule has 21 heavy (non-hydrogen) atoms. The average Bonchev–Trinajstić information content (AvgIpc) is 2.48. The number of rotatable bonds is 7. The topological polar surface area (TPSA) is 126 Å². The Hall–Kier alpha value is -1.86. The monoisotopic (exact) mass is 310 g/mol. The van der Waals surface area contributed by atoms with Gasteiger partial charge in [0.1, 0.15) is 6.04 Å². The normalized spacial score (nSPS) is 11.5. The lowest BCUT2D eigenvalue weighted by atomic mass is 10.1. The number of thioether (sulfide) groups is 1. The number of hydrogen-bond donors (Lipinski definition) is 4. The minimum absolute atomic E-state index is 0.477. The van der Waals surface area contributed by atoms with Gasteiger partial charge in [-0.1, -0.05) is 12.1 Å². The molecule has 1 rings (SSSR count). The number of aliphatic carboxylic acids is 1. The Morgan fingerprint density at radius 3 is 2.48 bits per heavy atom. The minimum Gasteiger partial charge on any atom is -0.480 e. The quantitative estimate of drug-likeness (QED) is 0.345. The van der Waals surface area contributed by atoms with Crippen molar-refractivity contribution in [1.82, 2.24) is 0 Å². The molecule has 0 aromatic heterocycles. The Bertz CT molecular complexity index is 449. The maximum Gasteiger partial charge on any atom is 0.328 e. The summed E-state index contributed by atoms with van der Waals surface area (Å²) in [5, 5.41) is 14.9. The second kappa shape index (κ2) is 11.9. The van der Waals surface area contributed by atoms with E-state index >= 15 is 0 Å². The number of carboxylic acid groups (broad SMARTS) is 1. The van der Waals surface area contributed by atoms with Crippen molar-refractivity contribution >= 4 is 30.3 Å². The molecule has 0 aliphatic rings. The largest absolute Gasteiger partial charge is 0.480 e. The first kappa shape index (κ1) is 19.1. The molecule has 0 saturated heterocycles. The smallest absolute Gasteiger partial charge is 0.328 e. The summed E-state index contributed by atoms with van der Waals surface area (Å²) >= 11 is 1.67. The third-order valence-corrected chi connectivity index (χ3v) is 3.23. The van der Waals surface area contributed by atoms with Gasteiger partial charge in [0.15, 0.2) is 0 Å². The standard InChI is InChI=1S/C13H18N2O2S.CH4N2/c1-18-11-6-4-10(5-7-11)9-15-12(13(16)17)3-2-8-14;2-1-3/h4-7,9,12H,2-3,8,14H2,1H3,(H,16,17);1H,(H3,2,3). The van der Waals surface area contributed by atoms with Crippen LogP contribution in [0.15, 0.2) is 34.2 Å². The molecule has 0 bridgehead atoms. The molecule has 0 amide bonds. The zero-order valence-electron chi connectivity index (χ0n) is 12.0. The van der Waals surface area contributed by atoms with Crippen molar-refractivity contribution in [3.05, 3.63) is 29.8 Å². The predicted molar refractivity (Wildman–Crippen MR) is 88.5 cm³/mol. The lowest BCUT2D eigenvalue weighted by molar-refractivity contribution is -0.138. The molecule has 116 valence electrons. The van der Waals surface area contributed by atoms with Crippen molar-refractivity contribution < 1.29 is 9.90 Å². The summed E-state index contributed by atoms with van der Waals surface area (Å²) in [6.45, 7) is 0.488. The lowest BCUT2D eigenvalue weighted by Gasteiger charge is -2.05. The summed E-state index contributed by atoms with van der Waals surface area (Å²) in [5.74, 6) is -0.902. The van der Waals surface area contributed by atoms with Crippen LogP contribution in [0.4, 0.5) is 0 Å². The molecule has 0 radical (unpaired) electrons. The molecule has 1 aromatic carbocycles. The zero-order valence-corrected chi connectivity index (χ0v) is 12.8. The van der Waals surface area contributed by atoms with E-state index in [9.17, 15) is 4.79 Å². The molecule has 0 fully saturated rings. The molecular weight excluding hydrogens is 288 g/mol. The van der Waals surface area contributed by atoms with Crippen molar-refractivity contribution in [3.63, 3.8) is 0 Å². The van der Waals surface area contributed by atoms with E-state index in [1.165, 1.54) is 4.90 Å². The Kier molecular flexibility index (Phi) is 10.9. The van der Waals surface area contributed by atoms with Crippen molar-refractivity contribution in [2.24, 2.45) is 16.5 Å². The maximum absolute atomic E-state index is 11.0. The molecule has 1 atom stereocenters. The highest BCUT2D eigenvalue weighted by Gasteiger charge is 2.13. The summed E-state index contributed by atoms with van der Waals surface area (Å²) in [6, 6.07) is 7.13. The van der Waals surface area contributed by atoms with E-state index in [0.717, 1.165) is 11.9 Å². The number of benzene rings is 1. The first-order valence-electron chi connectivity index (χ1n) is 6.39. The van der Waals surface area contributed by atoms with Crippen LogP contribution in [-0.2, 0) is 4.79 Å². The Morgan fingerprint density at radius 2 is 2.05 bits per heavy atom. The Labute approximate surface area is 129 Å². The average molecular weight is 310 g/mol. The number of hydrogen-bond acceptors (Lipinski definition) is 5. The number of carbonyl (C=O) groups is 1. The van der Waals surface area contributed by atoms with E-state index in [2.05, 4.69) is 10.7 Å². The predicted octanol–water partition coefficient (Wildman–Crippen LogP) is 1.57. The van der Waals surface area contributed by atoms with Gasteiger partial charge < -0.3 is 16.6 Å². The van der Waals surface area contributed by atoms with Crippen LogP contribution in [0.2, 0.25) is 0 Å². The number of nitrogens with zero attached hydrogens (tertiary/aromatic N) is 1. The van der Waals surface area contributed by atoms with Gasteiger partial charge in [-0.3, -0.25) is 10.4 Å². The van der Waals surface area contributed by atoms with Gasteiger partial charge in [-0.2, -0.15) is 0 Å². The molecule has 1 aromatic rings. The van der Waals surface area contributed by atoms with Gasteiger partial charge in [-0.05, 0) is 43.3 Å². The summed E-state index contributed by atoms with van der Waals surface area (Å²) in [6.07, 6.45) is 5.51. The van der Waals surface area contributed by atoms with Crippen LogP contribution >= 0.6 is 11.8 Å². The minimum atomic E-state index is -0.902. The summed E-state index contributed by atoms with van der Waals surface area (Å²) in [5.41, 5.74) is 10.7. The van der Waals surface area contributed by atoms with Gasteiger partial charge in [-0.25, -0.2) is 4.79 Å². The van der Waals surface area contributed by atoms with Gasteiger partial charge >= 0.3 is 5.97 Å². The fourth-order valence-electron chi connectivity index (χ4n) is 1.44. The van der Waals surface area contributed by atoms with E-state index in [1.54, 1.807) is 18.0 Å². The van der Waals surface area contributed by atoms with Crippen LogP contribution in [-0.4, -0.2) is 42.5 Å². The van der Waals surface area contributed by atoms with Crippen molar-refractivity contribution in [2.45, 2.75) is 23.8 Å². The SMILES string of the molecule is CSc1ccc(C=NC(CCCN)C(=O)O)cc1.N=CN. The van der Waals surface area contributed by atoms with Gasteiger partial charge in [0, 0.05) is 11.1 Å². The second-order valence-electron chi connectivity index (χ2n) is 4.00. The van der Waals surface area contributed by atoms with Crippen LogP contribution in [0, 0.1) is 5.41 Å². The lowest BCUT2D eigenvalue weighted by Crippen LogP contribution is -2.19. The van der Waals surface area contributed by atoms with E-state index in [1.807, 2.05) is 30.5 Å². The number of nitrogens with one attached hydrogen (secondary N) is 1. The molecule has 0 aliphatic heterocycles. The third-order valence-electron chi connectivity index (χ3n) is 2.49. The molecule has 0 aliphatic carbocycles. The fraction of sp³-hybridized carbons (Fsp3) is 0.357.